The van der Waals surface area contributed by atoms with Crippen molar-refractivity contribution in [2.24, 2.45) is 17.8 Å². The van der Waals surface area contributed by atoms with Crippen LogP contribution in [0.1, 0.15) is 80.3 Å². The minimum absolute atomic E-state index is 0.0183. The Morgan fingerprint density at radius 2 is 1.85 bits per heavy atom. The Bertz CT molecular complexity index is 1800. The summed E-state index contributed by atoms with van der Waals surface area (Å²) in [5, 5.41) is 12.7. The number of halogens is 1. The molecule has 2 aromatic carbocycles. The van der Waals surface area contributed by atoms with E-state index in [-0.39, 0.29) is 41.2 Å². The molecule has 13 heteroatoms. The van der Waals surface area contributed by atoms with E-state index < -0.39 is 26.8 Å². The molecule has 2 amide bonds. The summed E-state index contributed by atoms with van der Waals surface area (Å²) in [6.07, 6.45) is 6.57. The molecule has 0 unspecified atom stereocenters. The maximum Gasteiger partial charge on any atom is 0.264 e. The number of anilines is 1. The molecule has 2 aliphatic carbocycles. The second-order valence-corrected chi connectivity index (χ2v) is 18.9. The topological polar surface area (TPSA) is 129 Å². The summed E-state index contributed by atoms with van der Waals surface area (Å²) < 4.78 is 41.2. The molecule has 0 radical (unpaired) electrons. The highest BCUT2D eigenvalue weighted by atomic mass is 35.5. The minimum atomic E-state index is -3.98. The van der Waals surface area contributed by atoms with E-state index in [1.807, 2.05) is 17.9 Å². The molecule has 11 nitrogen and oxygen atoms in total. The lowest BCUT2D eigenvalue weighted by atomic mass is 9.62. The molecule has 2 aromatic rings. The van der Waals surface area contributed by atoms with Gasteiger partial charge in [-0.25, -0.2) is 13.1 Å². The van der Waals surface area contributed by atoms with Crippen LogP contribution < -0.4 is 14.4 Å². The largest absolute Gasteiger partial charge is 0.490 e. The average molecular weight is 771 g/mol. The van der Waals surface area contributed by atoms with Crippen molar-refractivity contribution in [1.29, 1.82) is 0 Å². The summed E-state index contributed by atoms with van der Waals surface area (Å²) in [5.41, 5.74) is 2.21. The van der Waals surface area contributed by atoms with Crippen LogP contribution in [0.5, 0.6) is 5.75 Å². The predicted molar refractivity (Wildman–Crippen MR) is 205 cm³/mol. The maximum absolute atomic E-state index is 13.6. The smallest absolute Gasteiger partial charge is 0.264 e. The van der Waals surface area contributed by atoms with E-state index in [1.54, 1.807) is 25.1 Å². The first kappa shape index (κ1) is 38.4. The van der Waals surface area contributed by atoms with E-state index in [1.165, 1.54) is 18.2 Å². The second kappa shape index (κ2) is 15.3. The standard InChI is InChI=1S/C40H55ClN4O7S/c1-27-6-4-15-40(48,25-43-16-18-44(19-17-43)37(46)23-51-3)34-11-8-31(34)22-45-24-39(14-5-7-29-20-32(41)10-12-33(29)39)26-52-36-13-9-30(21-35(36)45)38(47)42-53(49,50)28(27)2/h9-10,12-13,20-21,27-28,31,34,48H,4-8,11,14-19,22-26H2,1-3H3,(H,42,47)/t27-,28+,31-,34+,39-,40+/m0/s1. The highest BCUT2D eigenvalue weighted by molar-refractivity contribution is 7.90. The van der Waals surface area contributed by atoms with E-state index in [2.05, 4.69) is 26.7 Å². The predicted octanol–water partition coefficient (Wildman–Crippen LogP) is 4.63. The Kier molecular flexibility index (Phi) is 11.1. The van der Waals surface area contributed by atoms with E-state index in [0.29, 0.717) is 77.4 Å². The second-order valence-electron chi connectivity index (χ2n) is 16.5. The van der Waals surface area contributed by atoms with Gasteiger partial charge in [-0.1, -0.05) is 31.0 Å². The number of sulfonamides is 1. The molecule has 3 heterocycles. The monoisotopic (exact) mass is 770 g/mol. The lowest BCUT2D eigenvalue weighted by Crippen LogP contribution is -2.59. The average Bonchev–Trinajstić information content (AvgIpc) is 3.26. The van der Waals surface area contributed by atoms with Crippen LogP contribution in [0.15, 0.2) is 36.4 Å². The van der Waals surface area contributed by atoms with Crippen LogP contribution in [-0.4, -0.2) is 112 Å². The van der Waals surface area contributed by atoms with Gasteiger partial charge >= 0.3 is 0 Å². The highest BCUT2D eigenvalue weighted by Crippen LogP contribution is 2.49. The molecule has 2 bridgehead atoms. The number of hydrogen-bond acceptors (Lipinski definition) is 9. The van der Waals surface area contributed by atoms with Gasteiger partial charge in [0, 0.05) is 68.9 Å². The van der Waals surface area contributed by atoms with Gasteiger partial charge in [0.2, 0.25) is 15.9 Å². The van der Waals surface area contributed by atoms with Crippen molar-refractivity contribution < 1.29 is 32.6 Å². The van der Waals surface area contributed by atoms with Gasteiger partial charge in [-0.2, -0.15) is 0 Å². The molecule has 1 saturated heterocycles. The zero-order valence-corrected chi connectivity index (χ0v) is 32.9. The maximum atomic E-state index is 13.6. The van der Waals surface area contributed by atoms with E-state index in [9.17, 15) is 23.1 Å². The lowest BCUT2D eigenvalue weighted by Gasteiger charge is -2.52. The van der Waals surface area contributed by atoms with Crippen molar-refractivity contribution in [2.75, 3.05) is 71.0 Å². The number of nitrogens with zero attached hydrogens (tertiary/aromatic N) is 3. The van der Waals surface area contributed by atoms with Gasteiger partial charge in [0.05, 0.1) is 23.1 Å². The van der Waals surface area contributed by atoms with Crippen LogP contribution in [0.3, 0.4) is 0 Å². The number of hydrogen-bond donors (Lipinski definition) is 2. The summed E-state index contributed by atoms with van der Waals surface area (Å²) in [5.74, 6) is 0.00368. The first-order valence-corrected chi connectivity index (χ1v) is 21.3. The number of ether oxygens (including phenoxy) is 2. The van der Waals surface area contributed by atoms with Crippen LogP contribution in [0.2, 0.25) is 5.02 Å². The summed E-state index contributed by atoms with van der Waals surface area (Å²) in [7, 11) is -2.45. The fraction of sp³-hybridized carbons (Fsp3) is 0.650. The minimum Gasteiger partial charge on any atom is -0.490 e. The third-order valence-corrected chi connectivity index (χ3v) is 15.3. The first-order chi connectivity index (χ1) is 25.3. The molecule has 1 saturated carbocycles. The number of piperazine rings is 1. The summed E-state index contributed by atoms with van der Waals surface area (Å²) >= 11 is 6.47. The van der Waals surface area contributed by atoms with E-state index >= 15 is 0 Å². The van der Waals surface area contributed by atoms with Gasteiger partial charge in [0.1, 0.15) is 12.4 Å². The fourth-order valence-electron chi connectivity index (χ4n) is 9.72. The molecule has 6 atom stereocenters. The number of amides is 2. The molecule has 3 aliphatic heterocycles. The van der Waals surface area contributed by atoms with Gasteiger partial charge < -0.3 is 24.4 Å². The molecule has 290 valence electrons. The van der Waals surface area contributed by atoms with Crippen LogP contribution in [0.4, 0.5) is 5.69 Å². The summed E-state index contributed by atoms with van der Waals surface area (Å²) in [6.45, 7) is 8.45. The quantitative estimate of drug-likeness (QED) is 0.458. The van der Waals surface area contributed by atoms with Gasteiger partial charge in [-0.15, -0.1) is 0 Å². The van der Waals surface area contributed by atoms with Crippen molar-refractivity contribution in [3.8, 4) is 5.75 Å². The Morgan fingerprint density at radius 3 is 2.58 bits per heavy atom. The Hall–Kier alpha value is -2.90. The molecular weight excluding hydrogens is 716 g/mol. The van der Waals surface area contributed by atoms with Crippen molar-refractivity contribution in [1.82, 2.24) is 14.5 Å². The van der Waals surface area contributed by atoms with E-state index in [4.69, 9.17) is 21.1 Å². The number of β-amino-alcohol motifs (C(OH)–C–C–N with tert-alkyl or cyclic N) is 1. The first-order valence-electron chi connectivity index (χ1n) is 19.4. The lowest BCUT2D eigenvalue weighted by molar-refractivity contribution is -0.139. The Balaban J connectivity index is 1.24. The number of carbonyl (C=O) groups excluding carboxylic acids is 2. The Labute approximate surface area is 319 Å². The number of aliphatic hydroxyl groups is 1. The number of aryl methyl sites for hydroxylation is 1. The number of fused-ring (bicyclic) bond motifs is 4. The fourth-order valence-corrected chi connectivity index (χ4v) is 11.2. The van der Waals surface area contributed by atoms with Gasteiger partial charge in [-0.05, 0) is 111 Å². The summed E-state index contributed by atoms with van der Waals surface area (Å²) in [4.78, 5) is 32.6. The molecule has 53 heavy (non-hydrogen) atoms. The van der Waals surface area contributed by atoms with Crippen molar-refractivity contribution >= 4 is 39.1 Å². The van der Waals surface area contributed by atoms with Crippen LogP contribution in [-0.2, 0) is 31.4 Å². The zero-order chi connectivity index (χ0) is 37.5. The third-order valence-electron chi connectivity index (χ3n) is 13.1. The number of methoxy groups -OCH3 is 1. The van der Waals surface area contributed by atoms with Gasteiger partial charge in [0.15, 0.2) is 0 Å². The van der Waals surface area contributed by atoms with Crippen LogP contribution in [0.25, 0.3) is 0 Å². The SMILES string of the molecule is COCC(=O)N1CCN(C[C@]2(O)CCC[C@H](C)[C@@H](C)S(=O)(=O)NC(=O)c3ccc4c(c3)N(C[C@@H]3CC[C@H]32)C[C@@]2(CCCc3cc(Cl)ccc32)CO4)CC1. The van der Waals surface area contributed by atoms with Gasteiger partial charge in [-0.3, -0.25) is 14.5 Å². The third kappa shape index (κ3) is 7.81. The van der Waals surface area contributed by atoms with Crippen molar-refractivity contribution in [3.05, 3.63) is 58.1 Å². The van der Waals surface area contributed by atoms with Crippen LogP contribution in [0, 0.1) is 17.8 Å². The number of nitrogens with one attached hydrogen (secondary N) is 1. The molecule has 2 fully saturated rings. The van der Waals surface area contributed by atoms with Crippen molar-refractivity contribution in [3.63, 3.8) is 0 Å². The molecule has 2 N–H and O–H groups in total. The number of carbonyl (C=O) groups is 2. The number of rotatable bonds is 4. The summed E-state index contributed by atoms with van der Waals surface area (Å²) in [6, 6.07) is 11.4. The molecule has 0 aromatic heterocycles. The Morgan fingerprint density at radius 1 is 1.06 bits per heavy atom. The van der Waals surface area contributed by atoms with Crippen LogP contribution >= 0.6 is 11.6 Å². The number of benzene rings is 2. The van der Waals surface area contributed by atoms with Crippen molar-refractivity contribution in [2.45, 2.75) is 81.5 Å². The molecular formula is C40H55ClN4O7S. The molecule has 7 rings (SSSR count). The zero-order valence-electron chi connectivity index (χ0n) is 31.3. The van der Waals surface area contributed by atoms with Gasteiger partial charge in [0.25, 0.3) is 5.91 Å². The molecule has 5 aliphatic rings. The normalized spacial score (nSPS) is 32.1. The highest BCUT2D eigenvalue weighted by Gasteiger charge is 2.49. The van der Waals surface area contributed by atoms with E-state index in [0.717, 1.165) is 42.8 Å². The molecule has 1 spiro atoms.